The Morgan fingerprint density at radius 2 is 1.57 bits per heavy atom. The van der Waals surface area contributed by atoms with Crippen LogP contribution in [0, 0.1) is 18.8 Å². The number of hydrogen-bond acceptors (Lipinski definition) is 6. The summed E-state index contributed by atoms with van der Waals surface area (Å²) in [5.41, 5.74) is 2.07. The fourth-order valence-electron chi connectivity index (χ4n) is 3.37. The van der Waals surface area contributed by atoms with Crippen LogP contribution in [0.3, 0.4) is 0 Å². The molecule has 0 fully saturated rings. The second kappa shape index (κ2) is 10.8. The van der Waals surface area contributed by atoms with Crippen molar-refractivity contribution in [1.82, 2.24) is 9.55 Å². The zero-order chi connectivity index (χ0) is 27.4. The van der Waals surface area contributed by atoms with E-state index in [2.05, 4.69) is 22.1 Å². The van der Waals surface area contributed by atoms with Crippen LogP contribution in [0.4, 0.5) is 15.5 Å². The van der Waals surface area contributed by atoms with Gasteiger partial charge in [0, 0.05) is 16.7 Å². The zero-order valence-electron chi connectivity index (χ0n) is 22.6. The van der Waals surface area contributed by atoms with E-state index in [1.54, 1.807) is 48.7 Å². The summed E-state index contributed by atoms with van der Waals surface area (Å²) < 4.78 is 17.5. The van der Waals surface area contributed by atoms with Gasteiger partial charge in [0.1, 0.15) is 17.0 Å². The standard InChI is InChI=1S/C29H33N3O5/c1-19-17-22(35-8)16-15-20(19)13-14-21-11-9-10-12-23(21)24-18-30-25(31-26(33)36-28(2,3)4)32(24)27(34)37-29(5,6)7/h9-12,15-18H,1-8H3,(H,30,31,33). The number of nitrogens with one attached hydrogen (secondary N) is 1. The first-order valence-electron chi connectivity index (χ1n) is 11.8. The highest BCUT2D eigenvalue weighted by Crippen LogP contribution is 2.28. The number of hydrogen-bond donors (Lipinski definition) is 1. The summed E-state index contributed by atoms with van der Waals surface area (Å²) in [6.45, 7) is 12.5. The molecule has 0 atom stereocenters. The van der Waals surface area contributed by atoms with E-state index in [-0.39, 0.29) is 5.95 Å². The highest BCUT2D eigenvalue weighted by Gasteiger charge is 2.27. The molecule has 8 heteroatoms. The van der Waals surface area contributed by atoms with Gasteiger partial charge in [-0.2, -0.15) is 0 Å². The van der Waals surface area contributed by atoms with Gasteiger partial charge >= 0.3 is 12.2 Å². The Hall–Kier alpha value is -4.25. The summed E-state index contributed by atoms with van der Waals surface area (Å²) in [7, 11) is 1.62. The molecule has 0 radical (unpaired) electrons. The minimum Gasteiger partial charge on any atom is -0.497 e. The number of rotatable bonds is 3. The Morgan fingerprint density at radius 1 is 0.919 bits per heavy atom. The summed E-state index contributed by atoms with van der Waals surface area (Å²) in [6.07, 6.45) is 0.0628. The lowest BCUT2D eigenvalue weighted by Crippen LogP contribution is -2.31. The van der Waals surface area contributed by atoms with Crippen molar-refractivity contribution in [1.29, 1.82) is 0 Å². The number of aromatic nitrogens is 2. The summed E-state index contributed by atoms with van der Waals surface area (Å²) in [6, 6.07) is 13.1. The van der Waals surface area contributed by atoms with E-state index < -0.39 is 23.4 Å². The van der Waals surface area contributed by atoms with E-state index in [9.17, 15) is 9.59 Å². The summed E-state index contributed by atoms with van der Waals surface area (Å²) in [5, 5.41) is 2.56. The third kappa shape index (κ3) is 7.37. The van der Waals surface area contributed by atoms with Gasteiger partial charge in [-0.3, -0.25) is 5.32 Å². The number of nitrogens with zero attached hydrogens (tertiary/aromatic N) is 2. The molecule has 0 bridgehead atoms. The maximum absolute atomic E-state index is 13.3. The molecule has 1 amide bonds. The van der Waals surface area contributed by atoms with Crippen LogP contribution in [-0.2, 0) is 9.47 Å². The lowest BCUT2D eigenvalue weighted by atomic mass is 10.0. The number of aryl methyl sites for hydroxylation is 1. The van der Waals surface area contributed by atoms with Gasteiger partial charge in [-0.15, -0.1) is 0 Å². The molecular weight excluding hydrogens is 470 g/mol. The zero-order valence-corrected chi connectivity index (χ0v) is 22.6. The van der Waals surface area contributed by atoms with E-state index in [1.807, 2.05) is 49.4 Å². The van der Waals surface area contributed by atoms with Crippen molar-refractivity contribution in [2.45, 2.75) is 59.7 Å². The molecule has 0 aliphatic rings. The number of carbonyl (C=O) groups is 2. The third-order valence-corrected chi connectivity index (χ3v) is 4.92. The predicted octanol–water partition coefficient (Wildman–Crippen LogP) is 6.40. The number of methoxy groups -OCH3 is 1. The van der Waals surface area contributed by atoms with Gasteiger partial charge in [-0.05, 0) is 78.3 Å². The summed E-state index contributed by atoms with van der Waals surface area (Å²) in [5.74, 6) is 7.14. The molecule has 0 spiro atoms. The number of carbonyl (C=O) groups excluding carboxylic acids is 2. The first-order chi connectivity index (χ1) is 17.3. The fourth-order valence-corrected chi connectivity index (χ4v) is 3.37. The van der Waals surface area contributed by atoms with Crippen molar-refractivity contribution < 1.29 is 23.8 Å². The number of amides is 1. The van der Waals surface area contributed by atoms with Gasteiger partial charge in [0.25, 0.3) is 0 Å². The smallest absolute Gasteiger partial charge is 0.421 e. The Labute approximate surface area is 218 Å². The molecular formula is C29H33N3O5. The van der Waals surface area contributed by atoms with Gasteiger partial charge in [0.2, 0.25) is 5.95 Å². The van der Waals surface area contributed by atoms with E-state index in [1.165, 1.54) is 10.8 Å². The predicted molar refractivity (Wildman–Crippen MR) is 143 cm³/mol. The van der Waals surface area contributed by atoms with Crippen LogP contribution in [0.5, 0.6) is 5.75 Å². The second-order valence-electron chi connectivity index (χ2n) is 10.4. The first-order valence-corrected chi connectivity index (χ1v) is 11.8. The van der Waals surface area contributed by atoms with Crippen molar-refractivity contribution in [3.8, 4) is 28.8 Å². The van der Waals surface area contributed by atoms with E-state index in [0.29, 0.717) is 16.8 Å². The SMILES string of the molecule is COc1ccc(C#Cc2ccccc2-c2cnc(NC(=O)OC(C)(C)C)n2C(=O)OC(C)(C)C)c(C)c1. The highest BCUT2D eigenvalue weighted by molar-refractivity contribution is 5.89. The topological polar surface area (TPSA) is 91.7 Å². The number of benzene rings is 2. The van der Waals surface area contributed by atoms with Crippen molar-refractivity contribution in [3.63, 3.8) is 0 Å². The molecule has 2 aromatic carbocycles. The average molecular weight is 504 g/mol. The lowest BCUT2D eigenvalue weighted by Gasteiger charge is -2.22. The van der Waals surface area contributed by atoms with Gasteiger partial charge in [-0.25, -0.2) is 19.1 Å². The molecule has 0 unspecified atom stereocenters. The Balaban J connectivity index is 2.08. The quantitative estimate of drug-likeness (QED) is 0.416. The Morgan fingerprint density at radius 3 is 2.19 bits per heavy atom. The second-order valence-corrected chi connectivity index (χ2v) is 10.4. The maximum atomic E-state index is 13.3. The molecule has 1 heterocycles. The van der Waals surface area contributed by atoms with Crippen LogP contribution in [0.25, 0.3) is 11.3 Å². The third-order valence-electron chi connectivity index (χ3n) is 4.92. The van der Waals surface area contributed by atoms with Crippen LogP contribution in [0.15, 0.2) is 48.7 Å². The van der Waals surface area contributed by atoms with E-state index in [0.717, 1.165) is 16.9 Å². The Bertz CT molecular complexity index is 1360. The lowest BCUT2D eigenvalue weighted by molar-refractivity contribution is 0.0542. The molecule has 8 nitrogen and oxygen atoms in total. The van der Waals surface area contributed by atoms with Gasteiger partial charge < -0.3 is 14.2 Å². The molecule has 194 valence electrons. The molecule has 0 saturated heterocycles. The minimum absolute atomic E-state index is 0.0211. The molecule has 1 aromatic heterocycles. The normalized spacial score (nSPS) is 11.2. The largest absolute Gasteiger partial charge is 0.497 e. The van der Waals surface area contributed by atoms with E-state index >= 15 is 0 Å². The van der Waals surface area contributed by atoms with Gasteiger partial charge in [0.05, 0.1) is 19.0 Å². The molecule has 3 aromatic rings. The molecule has 0 aliphatic carbocycles. The number of imidazole rings is 1. The number of ether oxygens (including phenoxy) is 3. The fraction of sp³-hybridized carbons (Fsp3) is 0.345. The molecule has 1 N–H and O–H groups in total. The Kier molecular flexibility index (Phi) is 7.97. The first kappa shape index (κ1) is 27.3. The van der Waals surface area contributed by atoms with Crippen LogP contribution >= 0.6 is 0 Å². The van der Waals surface area contributed by atoms with Crippen LogP contribution in [0.2, 0.25) is 0 Å². The summed E-state index contributed by atoms with van der Waals surface area (Å²) >= 11 is 0. The molecule has 0 saturated carbocycles. The van der Waals surface area contributed by atoms with Gasteiger partial charge in [0.15, 0.2) is 0 Å². The van der Waals surface area contributed by atoms with Crippen molar-refractivity contribution in [3.05, 3.63) is 65.4 Å². The average Bonchev–Trinajstić information content (AvgIpc) is 3.19. The van der Waals surface area contributed by atoms with Crippen LogP contribution in [0.1, 0.15) is 58.2 Å². The number of anilines is 1. The monoisotopic (exact) mass is 503 g/mol. The van der Waals surface area contributed by atoms with Crippen LogP contribution in [-0.4, -0.2) is 40.0 Å². The van der Waals surface area contributed by atoms with E-state index in [4.69, 9.17) is 14.2 Å². The van der Waals surface area contributed by atoms with Crippen molar-refractivity contribution in [2.24, 2.45) is 0 Å². The summed E-state index contributed by atoms with van der Waals surface area (Å²) in [4.78, 5) is 30.0. The maximum Gasteiger partial charge on any atom is 0.421 e. The van der Waals surface area contributed by atoms with Crippen molar-refractivity contribution in [2.75, 3.05) is 12.4 Å². The van der Waals surface area contributed by atoms with Crippen LogP contribution < -0.4 is 10.1 Å². The minimum atomic E-state index is -0.771. The van der Waals surface area contributed by atoms with Gasteiger partial charge in [-0.1, -0.05) is 30.0 Å². The molecule has 3 rings (SSSR count). The van der Waals surface area contributed by atoms with Crippen molar-refractivity contribution >= 4 is 18.1 Å². The molecule has 37 heavy (non-hydrogen) atoms. The highest BCUT2D eigenvalue weighted by atomic mass is 16.6. The molecule has 0 aliphatic heterocycles.